The SMILES string of the molecule is COCCNCc1cccc(OC)c1OCCCCO. The van der Waals surface area contributed by atoms with Crippen molar-refractivity contribution in [1.29, 1.82) is 0 Å². The van der Waals surface area contributed by atoms with Crippen LogP contribution in [0.5, 0.6) is 11.5 Å². The van der Waals surface area contributed by atoms with Crippen LogP contribution >= 0.6 is 0 Å². The molecule has 0 fully saturated rings. The fourth-order valence-corrected chi connectivity index (χ4v) is 1.81. The highest BCUT2D eigenvalue weighted by atomic mass is 16.5. The summed E-state index contributed by atoms with van der Waals surface area (Å²) in [5, 5.41) is 12.1. The molecule has 0 bridgehead atoms. The molecule has 0 radical (unpaired) electrons. The van der Waals surface area contributed by atoms with Gasteiger partial charge in [-0.05, 0) is 18.9 Å². The lowest BCUT2D eigenvalue weighted by molar-refractivity contribution is 0.199. The van der Waals surface area contributed by atoms with Crippen LogP contribution in [0.1, 0.15) is 18.4 Å². The van der Waals surface area contributed by atoms with Gasteiger partial charge in [-0.25, -0.2) is 0 Å². The molecule has 0 amide bonds. The standard InChI is InChI=1S/C15H25NO4/c1-18-11-8-16-12-13-6-5-7-14(19-2)15(13)20-10-4-3-9-17/h5-7,16-17H,3-4,8-12H2,1-2H3. The van der Waals surface area contributed by atoms with E-state index >= 15 is 0 Å². The molecule has 0 atom stereocenters. The molecule has 0 aliphatic rings. The molecule has 0 saturated carbocycles. The molecule has 0 unspecified atom stereocenters. The van der Waals surface area contributed by atoms with E-state index in [-0.39, 0.29) is 6.61 Å². The van der Waals surface area contributed by atoms with E-state index in [4.69, 9.17) is 19.3 Å². The fourth-order valence-electron chi connectivity index (χ4n) is 1.81. The predicted molar refractivity (Wildman–Crippen MR) is 78.4 cm³/mol. The van der Waals surface area contributed by atoms with Crippen molar-refractivity contribution in [2.75, 3.05) is 40.6 Å². The summed E-state index contributed by atoms with van der Waals surface area (Å²) in [5.74, 6) is 1.51. The lowest BCUT2D eigenvalue weighted by atomic mass is 10.2. The first kappa shape index (κ1) is 16.8. The van der Waals surface area contributed by atoms with Crippen LogP contribution in [0.2, 0.25) is 0 Å². The lowest BCUT2D eigenvalue weighted by Gasteiger charge is -2.15. The number of aliphatic hydroxyl groups excluding tert-OH is 1. The summed E-state index contributed by atoms with van der Waals surface area (Å²) in [6, 6.07) is 5.86. The Bertz CT molecular complexity index is 371. The van der Waals surface area contributed by atoms with Gasteiger partial charge < -0.3 is 24.6 Å². The van der Waals surface area contributed by atoms with Gasteiger partial charge in [0.1, 0.15) is 0 Å². The minimum Gasteiger partial charge on any atom is -0.493 e. The van der Waals surface area contributed by atoms with Crippen LogP contribution in [0.25, 0.3) is 0 Å². The van der Waals surface area contributed by atoms with Gasteiger partial charge in [0.25, 0.3) is 0 Å². The Balaban J connectivity index is 2.61. The van der Waals surface area contributed by atoms with Gasteiger partial charge in [0.05, 0.1) is 20.3 Å². The van der Waals surface area contributed by atoms with Crippen molar-refractivity contribution in [3.05, 3.63) is 23.8 Å². The van der Waals surface area contributed by atoms with Crippen molar-refractivity contribution in [3.63, 3.8) is 0 Å². The minimum atomic E-state index is 0.195. The van der Waals surface area contributed by atoms with Gasteiger partial charge in [-0.1, -0.05) is 12.1 Å². The summed E-state index contributed by atoms with van der Waals surface area (Å²) in [4.78, 5) is 0. The van der Waals surface area contributed by atoms with Gasteiger partial charge in [-0.2, -0.15) is 0 Å². The Hall–Kier alpha value is -1.30. The molecule has 0 aliphatic heterocycles. The van der Waals surface area contributed by atoms with Crippen LogP contribution < -0.4 is 14.8 Å². The van der Waals surface area contributed by atoms with Gasteiger partial charge in [-0.3, -0.25) is 0 Å². The molecular weight excluding hydrogens is 258 g/mol. The van der Waals surface area contributed by atoms with Gasteiger partial charge >= 0.3 is 0 Å². The topological polar surface area (TPSA) is 60.0 Å². The molecule has 0 aliphatic carbocycles. The number of nitrogens with one attached hydrogen (secondary N) is 1. The van der Waals surface area contributed by atoms with E-state index in [2.05, 4.69) is 5.32 Å². The summed E-state index contributed by atoms with van der Waals surface area (Å²) in [6.45, 7) is 2.94. The number of benzene rings is 1. The highest BCUT2D eigenvalue weighted by Crippen LogP contribution is 2.31. The number of hydrogen-bond acceptors (Lipinski definition) is 5. The largest absolute Gasteiger partial charge is 0.493 e. The quantitative estimate of drug-likeness (QED) is 0.604. The van der Waals surface area contributed by atoms with Crippen molar-refractivity contribution in [1.82, 2.24) is 5.32 Å². The summed E-state index contributed by atoms with van der Waals surface area (Å²) in [5.41, 5.74) is 1.06. The number of ether oxygens (including phenoxy) is 3. The summed E-state index contributed by atoms with van der Waals surface area (Å²) in [6.07, 6.45) is 1.57. The number of para-hydroxylation sites is 1. The number of hydrogen-bond donors (Lipinski definition) is 2. The van der Waals surface area contributed by atoms with E-state index in [0.29, 0.717) is 19.8 Å². The van der Waals surface area contributed by atoms with Crippen LogP contribution in [-0.4, -0.2) is 45.7 Å². The van der Waals surface area contributed by atoms with E-state index in [0.717, 1.165) is 36.4 Å². The third-order valence-electron chi connectivity index (χ3n) is 2.88. The highest BCUT2D eigenvalue weighted by Gasteiger charge is 2.10. The molecule has 1 aromatic carbocycles. The van der Waals surface area contributed by atoms with E-state index in [1.807, 2.05) is 18.2 Å². The van der Waals surface area contributed by atoms with E-state index < -0.39 is 0 Å². The maximum absolute atomic E-state index is 8.78. The molecule has 114 valence electrons. The molecule has 20 heavy (non-hydrogen) atoms. The first-order valence-electron chi connectivity index (χ1n) is 6.92. The number of rotatable bonds is 11. The summed E-state index contributed by atoms with van der Waals surface area (Å²) in [7, 11) is 3.32. The molecule has 5 heteroatoms. The summed E-state index contributed by atoms with van der Waals surface area (Å²) >= 11 is 0. The smallest absolute Gasteiger partial charge is 0.165 e. The van der Waals surface area contributed by atoms with Gasteiger partial charge in [0.15, 0.2) is 11.5 Å². The average molecular weight is 283 g/mol. The lowest BCUT2D eigenvalue weighted by Crippen LogP contribution is -2.19. The van der Waals surface area contributed by atoms with Gasteiger partial charge in [0.2, 0.25) is 0 Å². The second kappa shape index (κ2) is 10.5. The van der Waals surface area contributed by atoms with Crippen LogP contribution in [0.3, 0.4) is 0 Å². The average Bonchev–Trinajstić information content (AvgIpc) is 2.48. The van der Waals surface area contributed by atoms with Crippen LogP contribution in [0.15, 0.2) is 18.2 Å². The molecule has 0 heterocycles. The first-order valence-corrected chi connectivity index (χ1v) is 6.92. The Morgan fingerprint density at radius 1 is 1.15 bits per heavy atom. The zero-order valence-electron chi connectivity index (χ0n) is 12.4. The van der Waals surface area contributed by atoms with Crippen LogP contribution in [0, 0.1) is 0 Å². The number of aliphatic hydroxyl groups is 1. The van der Waals surface area contributed by atoms with Crippen molar-refractivity contribution in [3.8, 4) is 11.5 Å². The van der Waals surface area contributed by atoms with Gasteiger partial charge in [-0.15, -0.1) is 0 Å². The second-order valence-electron chi connectivity index (χ2n) is 4.40. The molecule has 0 aromatic heterocycles. The third kappa shape index (κ3) is 5.77. The zero-order valence-corrected chi connectivity index (χ0v) is 12.4. The molecule has 5 nitrogen and oxygen atoms in total. The van der Waals surface area contributed by atoms with E-state index in [1.54, 1.807) is 14.2 Å². The van der Waals surface area contributed by atoms with Gasteiger partial charge in [0, 0.05) is 32.4 Å². The number of unbranched alkanes of at least 4 members (excludes halogenated alkanes) is 1. The monoisotopic (exact) mass is 283 g/mol. The molecule has 1 aromatic rings. The van der Waals surface area contributed by atoms with Crippen molar-refractivity contribution < 1.29 is 19.3 Å². The fraction of sp³-hybridized carbons (Fsp3) is 0.600. The van der Waals surface area contributed by atoms with E-state index in [1.165, 1.54) is 0 Å². The number of methoxy groups -OCH3 is 2. The highest BCUT2D eigenvalue weighted by molar-refractivity contribution is 5.46. The Morgan fingerprint density at radius 3 is 2.70 bits per heavy atom. The maximum Gasteiger partial charge on any atom is 0.165 e. The molecule has 1 rings (SSSR count). The second-order valence-corrected chi connectivity index (χ2v) is 4.40. The zero-order chi connectivity index (χ0) is 14.6. The summed E-state index contributed by atoms with van der Waals surface area (Å²) < 4.78 is 16.2. The van der Waals surface area contributed by atoms with Crippen LogP contribution in [-0.2, 0) is 11.3 Å². The van der Waals surface area contributed by atoms with Crippen molar-refractivity contribution >= 4 is 0 Å². The normalized spacial score (nSPS) is 10.6. The predicted octanol–water partition coefficient (Wildman–Crippen LogP) is 1.58. The third-order valence-corrected chi connectivity index (χ3v) is 2.88. The molecule has 2 N–H and O–H groups in total. The molecular formula is C15H25NO4. The molecule has 0 saturated heterocycles. The van der Waals surface area contributed by atoms with Crippen molar-refractivity contribution in [2.24, 2.45) is 0 Å². The molecule has 0 spiro atoms. The Kier molecular flexibility index (Phi) is 8.78. The van der Waals surface area contributed by atoms with Crippen molar-refractivity contribution in [2.45, 2.75) is 19.4 Å². The van der Waals surface area contributed by atoms with Crippen LogP contribution in [0.4, 0.5) is 0 Å². The Labute approximate surface area is 120 Å². The minimum absolute atomic E-state index is 0.195. The maximum atomic E-state index is 8.78. The van der Waals surface area contributed by atoms with E-state index in [9.17, 15) is 0 Å². The Morgan fingerprint density at radius 2 is 2.00 bits per heavy atom. The first-order chi connectivity index (χ1) is 9.83.